The van der Waals surface area contributed by atoms with Gasteiger partial charge in [0.15, 0.2) is 5.60 Å². The number of hydrogen-bond donors (Lipinski definition) is 0. The zero-order chi connectivity index (χ0) is 14.6. The van der Waals surface area contributed by atoms with Gasteiger partial charge in [0.2, 0.25) is 0 Å². The van der Waals surface area contributed by atoms with Crippen LogP contribution in [0.15, 0.2) is 17.0 Å². The summed E-state index contributed by atoms with van der Waals surface area (Å²) in [5.74, 6) is 0.190. The molecule has 0 aliphatic rings. The molecular formula is C14H17NO3S. The summed E-state index contributed by atoms with van der Waals surface area (Å²) in [4.78, 5) is 12.5. The molecule has 0 aliphatic carbocycles. The van der Waals surface area contributed by atoms with Gasteiger partial charge in [0.05, 0.1) is 7.11 Å². The molecule has 5 heteroatoms. The van der Waals surface area contributed by atoms with E-state index in [-0.39, 0.29) is 0 Å². The summed E-state index contributed by atoms with van der Waals surface area (Å²) in [5.41, 5.74) is 0.767. The summed E-state index contributed by atoms with van der Waals surface area (Å²) in [6.07, 6.45) is 0. The molecule has 4 nitrogen and oxygen atoms in total. The Morgan fingerprint density at radius 1 is 1.32 bits per heavy atom. The van der Waals surface area contributed by atoms with Crippen LogP contribution in [0, 0.1) is 24.5 Å². The molecule has 0 spiro atoms. The lowest BCUT2D eigenvalue weighted by atomic mass is 10.1. The van der Waals surface area contributed by atoms with Crippen LogP contribution in [0.3, 0.4) is 0 Å². The molecule has 1 aromatic rings. The van der Waals surface area contributed by atoms with Gasteiger partial charge in [0, 0.05) is 4.90 Å². The fraction of sp³-hybridized carbons (Fsp3) is 0.429. The van der Waals surface area contributed by atoms with E-state index in [9.17, 15) is 4.79 Å². The first-order valence-corrected chi connectivity index (χ1v) is 6.58. The van der Waals surface area contributed by atoms with Crippen molar-refractivity contribution in [2.75, 3.05) is 7.11 Å². The Bertz CT molecular complexity index is 532. The summed E-state index contributed by atoms with van der Waals surface area (Å²) < 4.78 is 10.4. The van der Waals surface area contributed by atoms with Crippen LogP contribution in [0.1, 0.15) is 25.0 Å². The Labute approximate surface area is 117 Å². The van der Waals surface area contributed by atoms with E-state index < -0.39 is 11.6 Å². The molecule has 0 aromatic heterocycles. The Kier molecular flexibility index (Phi) is 4.84. The van der Waals surface area contributed by atoms with Crippen LogP contribution in [0.4, 0.5) is 0 Å². The number of aryl methyl sites for hydroxylation is 2. The largest absolute Gasteiger partial charge is 0.476 e. The molecule has 0 bridgehead atoms. The number of ether oxygens (including phenoxy) is 2. The van der Waals surface area contributed by atoms with Crippen molar-refractivity contribution in [3.05, 3.63) is 23.3 Å². The van der Waals surface area contributed by atoms with Gasteiger partial charge in [0.25, 0.3) is 0 Å². The number of nitriles is 1. The third-order valence-electron chi connectivity index (χ3n) is 2.67. The van der Waals surface area contributed by atoms with Crippen LogP contribution < -0.4 is 4.74 Å². The standard InChI is InChI=1S/C14H17NO3S/c1-9-7-12(19-8-15)10(2)6-11(9)18-14(3,4)13(16)17-5/h6-7H,1-5H3. The lowest BCUT2D eigenvalue weighted by Crippen LogP contribution is -2.39. The maximum atomic E-state index is 11.6. The lowest BCUT2D eigenvalue weighted by Gasteiger charge is -2.25. The van der Waals surface area contributed by atoms with Crippen molar-refractivity contribution in [1.82, 2.24) is 0 Å². The number of carbonyl (C=O) groups excluding carboxylic acids is 1. The highest BCUT2D eigenvalue weighted by molar-refractivity contribution is 8.03. The van der Waals surface area contributed by atoms with Gasteiger partial charge in [-0.05, 0) is 62.7 Å². The summed E-state index contributed by atoms with van der Waals surface area (Å²) in [5, 5.41) is 10.8. The fourth-order valence-corrected chi connectivity index (χ4v) is 2.15. The van der Waals surface area contributed by atoms with Crippen LogP contribution in [-0.2, 0) is 9.53 Å². The molecule has 0 radical (unpaired) electrons. The van der Waals surface area contributed by atoms with Crippen LogP contribution >= 0.6 is 11.8 Å². The van der Waals surface area contributed by atoms with Crippen LogP contribution in [0.2, 0.25) is 0 Å². The fourth-order valence-electron chi connectivity index (χ4n) is 1.59. The van der Waals surface area contributed by atoms with Gasteiger partial charge in [-0.15, -0.1) is 0 Å². The molecule has 0 N–H and O–H groups in total. The maximum Gasteiger partial charge on any atom is 0.349 e. The molecule has 0 atom stereocenters. The number of rotatable bonds is 4. The predicted octanol–water partition coefficient (Wildman–Crippen LogP) is 3.21. The van der Waals surface area contributed by atoms with Gasteiger partial charge >= 0.3 is 5.97 Å². The smallest absolute Gasteiger partial charge is 0.349 e. The molecule has 0 fully saturated rings. The van der Waals surface area contributed by atoms with Gasteiger partial charge in [0.1, 0.15) is 11.2 Å². The van der Waals surface area contributed by atoms with Crippen LogP contribution in [-0.4, -0.2) is 18.7 Å². The minimum Gasteiger partial charge on any atom is -0.476 e. The van der Waals surface area contributed by atoms with E-state index in [0.717, 1.165) is 27.8 Å². The number of nitrogens with zero attached hydrogens (tertiary/aromatic N) is 1. The summed E-state index contributed by atoms with van der Waals surface area (Å²) in [6.45, 7) is 7.10. The number of carbonyl (C=O) groups is 1. The summed E-state index contributed by atoms with van der Waals surface area (Å²) in [6, 6.07) is 3.71. The molecule has 19 heavy (non-hydrogen) atoms. The lowest BCUT2D eigenvalue weighted by molar-refractivity contribution is -0.156. The van der Waals surface area contributed by atoms with Gasteiger partial charge in [-0.3, -0.25) is 0 Å². The third kappa shape index (κ3) is 3.65. The van der Waals surface area contributed by atoms with E-state index >= 15 is 0 Å². The van der Waals surface area contributed by atoms with Gasteiger partial charge in [-0.1, -0.05) is 0 Å². The third-order valence-corrected chi connectivity index (χ3v) is 3.42. The topological polar surface area (TPSA) is 59.3 Å². The number of esters is 1. The van der Waals surface area contributed by atoms with E-state index in [0.29, 0.717) is 5.75 Å². The Balaban J connectivity index is 3.07. The highest BCUT2D eigenvalue weighted by Crippen LogP contribution is 2.31. The zero-order valence-corrected chi connectivity index (χ0v) is 12.6. The molecule has 0 unspecified atom stereocenters. The molecule has 0 saturated heterocycles. The summed E-state index contributed by atoms with van der Waals surface area (Å²) in [7, 11) is 1.33. The number of benzene rings is 1. The number of thiocyanates is 1. The average Bonchev–Trinajstić information content (AvgIpc) is 2.34. The minimum absolute atomic E-state index is 0.431. The molecule has 102 valence electrons. The highest BCUT2D eigenvalue weighted by atomic mass is 32.2. The SMILES string of the molecule is COC(=O)C(C)(C)Oc1cc(C)c(SC#N)cc1C. The van der Waals surface area contributed by atoms with Crippen molar-refractivity contribution < 1.29 is 14.3 Å². The first-order chi connectivity index (χ1) is 8.81. The van der Waals surface area contributed by atoms with E-state index in [1.165, 1.54) is 7.11 Å². The molecular weight excluding hydrogens is 262 g/mol. The van der Waals surface area contributed by atoms with Gasteiger partial charge < -0.3 is 9.47 Å². The quantitative estimate of drug-likeness (QED) is 0.481. The van der Waals surface area contributed by atoms with Crippen molar-refractivity contribution in [3.63, 3.8) is 0 Å². The van der Waals surface area contributed by atoms with Crippen molar-refractivity contribution >= 4 is 17.7 Å². The normalized spacial score (nSPS) is 10.7. The molecule has 0 heterocycles. The molecule has 0 amide bonds. The van der Waals surface area contributed by atoms with Crippen molar-refractivity contribution in [1.29, 1.82) is 5.26 Å². The molecule has 1 aromatic carbocycles. The monoisotopic (exact) mass is 279 g/mol. The van der Waals surface area contributed by atoms with Gasteiger partial charge in [-0.25, -0.2) is 4.79 Å². The maximum absolute atomic E-state index is 11.6. The van der Waals surface area contributed by atoms with Gasteiger partial charge in [-0.2, -0.15) is 5.26 Å². The van der Waals surface area contributed by atoms with Crippen molar-refractivity contribution in [3.8, 4) is 11.2 Å². The number of methoxy groups -OCH3 is 1. The number of hydrogen-bond acceptors (Lipinski definition) is 5. The van der Waals surface area contributed by atoms with Crippen LogP contribution in [0.25, 0.3) is 0 Å². The second-order valence-electron chi connectivity index (χ2n) is 4.68. The van der Waals surface area contributed by atoms with E-state index in [2.05, 4.69) is 0 Å². The first-order valence-electron chi connectivity index (χ1n) is 5.76. The zero-order valence-electron chi connectivity index (χ0n) is 11.7. The highest BCUT2D eigenvalue weighted by Gasteiger charge is 2.31. The minimum atomic E-state index is -1.05. The Morgan fingerprint density at radius 3 is 2.47 bits per heavy atom. The number of thioether (sulfide) groups is 1. The van der Waals surface area contributed by atoms with Crippen molar-refractivity contribution in [2.45, 2.75) is 38.2 Å². The van der Waals surface area contributed by atoms with E-state index in [4.69, 9.17) is 14.7 Å². The van der Waals surface area contributed by atoms with E-state index in [1.54, 1.807) is 13.8 Å². The van der Waals surface area contributed by atoms with Crippen LogP contribution in [0.5, 0.6) is 5.75 Å². The summed E-state index contributed by atoms with van der Waals surface area (Å²) >= 11 is 1.11. The Morgan fingerprint density at radius 2 is 1.95 bits per heavy atom. The average molecular weight is 279 g/mol. The first kappa shape index (κ1) is 15.4. The Hall–Kier alpha value is -1.67. The second-order valence-corrected chi connectivity index (χ2v) is 5.51. The predicted molar refractivity (Wildman–Crippen MR) is 74.1 cm³/mol. The molecule has 1 rings (SSSR count). The second kappa shape index (κ2) is 5.98. The van der Waals surface area contributed by atoms with E-state index in [1.807, 2.05) is 31.4 Å². The molecule has 0 aliphatic heterocycles. The van der Waals surface area contributed by atoms with Crippen molar-refractivity contribution in [2.24, 2.45) is 0 Å². The molecule has 0 saturated carbocycles.